The van der Waals surface area contributed by atoms with Crippen molar-refractivity contribution in [2.45, 2.75) is 26.3 Å². The normalized spacial score (nSPS) is 12.0. The summed E-state index contributed by atoms with van der Waals surface area (Å²) in [6.45, 7) is 8.70. The minimum absolute atomic E-state index is 0.133. The van der Waals surface area contributed by atoms with E-state index in [9.17, 15) is 0 Å². The maximum absolute atomic E-state index is 5.80. The van der Waals surface area contributed by atoms with Gasteiger partial charge in [0.25, 0.3) is 0 Å². The molecule has 3 nitrogen and oxygen atoms in total. The van der Waals surface area contributed by atoms with Crippen LogP contribution in [0.4, 0.5) is 0 Å². The van der Waals surface area contributed by atoms with Crippen LogP contribution in [-0.2, 0) is 6.42 Å². The van der Waals surface area contributed by atoms with Crippen molar-refractivity contribution in [2.24, 2.45) is 5.73 Å². The number of hydrogen-bond acceptors (Lipinski definition) is 3. The standard InChI is InChI=1S/C14H20BrNO2/c1-4-17-14-8-12(7-11(3)16)5-6-13(14)18-9-10(2)15/h5-6,8,11H,2,4,7,9,16H2,1,3H3. The summed E-state index contributed by atoms with van der Waals surface area (Å²) in [5.41, 5.74) is 6.95. The van der Waals surface area contributed by atoms with Crippen LogP contribution in [0.15, 0.2) is 29.3 Å². The lowest BCUT2D eigenvalue weighted by Gasteiger charge is -2.14. The molecule has 0 aliphatic rings. The van der Waals surface area contributed by atoms with Gasteiger partial charge >= 0.3 is 0 Å². The van der Waals surface area contributed by atoms with Crippen molar-refractivity contribution in [3.8, 4) is 11.5 Å². The summed E-state index contributed by atoms with van der Waals surface area (Å²) in [7, 11) is 0. The van der Waals surface area contributed by atoms with Gasteiger partial charge in [0.15, 0.2) is 11.5 Å². The third-order valence-electron chi connectivity index (χ3n) is 2.25. The van der Waals surface area contributed by atoms with Gasteiger partial charge in [-0.25, -0.2) is 0 Å². The van der Waals surface area contributed by atoms with E-state index in [-0.39, 0.29) is 6.04 Å². The maximum atomic E-state index is 5.80. The van der Waals surface area contributed by atoms with E-state index in [0.717, 1.165) is 28.0 Å². The van der Waals surface area contributed by atoms with Gasteiger partial charge in [0, 0.05) is 10.5 Å². The summed E-state index contributed by atoms with van der Waals surface area (Å²) < 4.78 is 12.0. The molecule has 0 radical (unpaired) electrons. The molecule has 0 spiro atoms. The molecule has 0 aliphatic carbocycles. The Morgan fingerprint density at radius 3 is 2.67 bits per heavy atom. The van der Waals surface area contributed by atoms with Crippen molar-refractivity contribution in [1.29, 1.82) is 0 Å². The van der Waals surface area contributed by atoms with Gasteiger partial charge in [0.2, 0.25) is 0 Å². The first-order valence-corrected chi connectivity index (χ1v) is 6.79. The Kier molecular flexibility index (Phi) is 6.22. The second kappa shape index (κ2) is 7.44. The lowest BCUT2D eigenvalue weighted by molar-refractivity contribution is 0.295. The van der Waals surface area contributed by atoms with Gasteiger partial charge < -0.3 is 15.2 Å². The highest BCUT2D eigenvalue weighted by Gasteiger charge is 2.08. The van der Waals surface area contributed by atoms with E-state index in [1.165, 1.54) is 0 Å². The van der Waals surface area contributed by atoms with Crippen molar-refractivity contribution in [1.82, 2.24) is 0 Å². The summed E-state index contributed by atoms with van der Waals surface area (Å²) in [6, 6.07) is 6.05. The number of hydrogen-bond donors (Lipinski definition) is 1. The Hall–Kier alpha value is -1.00. The summed E-state index contributed by atoms with van der Waals surface area (Å²) in [4.78, 5) is 0. The Bertz CT molecular complexity index is 405. The highest BCUT2D eigenvalue weighted by Crippen LogP contribution is 2.29. The van der Waals surface area contributed by atoms with Crippen molar-refractivity contribution >= 4 is 15.9 Å². The number of nitrogens with two attached hydrogens (primary N) is 1. The first kappa shape index (κ1) is 15.1. The van der Waals surface area contributed by atoms with E-state index in [4.69, 9.17) is 15.2 Å². The summed E-state index contributed by atoms with van der Waals surface area (Å²) in [5, 5.41) is 0. The van der Waals surface area contributed by atoms with Crippen LogP contribution in [0.1, 0.15) is 19.4 Å². The van der Waals surface area contributed by atoms with Crippen molar-refractivity contribution < 1.29 is 9.47 Å². The highest BCUT2D eigenvalue weighted by atomic mass is 79.9. The molecule has 100 valence electrons. The van der Waals surface area contributed by atoms with E-state index >= 15 is 0 Å². The van der Waals surface area contributed by atoms with Gasteiger partial charge in [-0.3, -0.25) is 0 Å². The fourth-order valence-corrected chi connectivity index (χ4v) is 1.71. The average Bonchev–Trinajstić information content (AvgIpc) is 2.27. The monoisotopic (exact) mass is 313 g/mol. The van der Waals surface area contributed by atoms with Crippen molar-refractivity contribution in [3.63, 3.8) is 0 Å². The Balaban J connectivity index is 2.85. The molecule has 4 heteroatoms. The fourth-order valence-electron chi connectivity index (χ4n) is 1.59. The van der Waals surface area contributed by atoms with Gasteiger partial charge in [-0.05, 0) is 38.0 Å². The molecule has 0 amide bonds. The van der Waals surface area contributed by atoms with Crippen molar-refractivity contribution in [2.75, 3.05) is 13.2 Å². The molecule has 0 aliphatic heterocycles. The number of ether oxygens (including phenoxy) is 2. The van der Waals surface area contributed by atoms with Crippen LogP contribution in [0.2, 0.25) is 0 Å². The molecule has 1 aromatic carbocycles. The summed E-state index contributed by atoms with van der Waals surface area (Å²) >= 11 is 3.27. The molecule has 1 rings (SSSR count). The quantitative estimate of drug-likeness (QED) is 0.840. The van der Waals surface area contributed by atoms with Crippen molar-refractivity contribution in [3.05, 3.63) is 34.8 Å². The number of benzene rings is 1. The lowest BCUT2D eigenvalue weighted by atomic mass is 10.1. The maximum Gasteiger partial charge on any atom is 0.161 e. The Labute approximate surface area is 117 Å². The summed E-state index contributed by atoms with van der Waals surface area (Å²) in [5.74, 6) is 1.48. The van der Waals surface area contributed by atoms with E-state index < -0.39 is 0 Å². The summed E-state index contributed by atoms with van der Waals surface area (Å²) in [6.07, 6.45) is 0.825. The average molecular weight is 314 g/mol. The zero-order valence-electron chi connectivity index (χ0n) is 10.9. The lowest BCUT2D eigenvalue weighted by Crippen LogP contribution is -2.17. The van der Waals surface area contributed by atoms with Crippen LogP contribution in [0.25, 0.3) is 0 Å². The predicted octanol–water partition coefficient (Wildman–Crippen LogP) is 3.26. The minimum Gasteiger partial charge on any atom is -0.490 e. The van der Waals surface area contributed by atoms with Crippen LogP contribution in [0, 0.1) is 0 Å². The second-order valence-corrected chi connectivity index (χ2v) is 5.32. The van der Waals surface area contributed by atoms with Crippen LogP contribution in [-0.4, -0.2) is 19.3 Å². The van der Waals surface area contributed by atoms with Gasteiger partial charge in [-0.15, -0.1) is 0 Å². The molecule has 1 atom stereocenters. The first-order chi connectivity index (χ1) is 8.52. The predicted molar refractivity (Wildman–Crippen MR) is 78.5 cm³/mol. The fraction of sp³-hybridized carbons (Fsp3) is 0.429. The molecular formula is C14H20BrNO2. The molecule has 0 bridgehead atoms. The zero-order chi connectivity index (χ0) is 13.5. The van der Waals surface area contributed by atoms with Crippen LogP contribution in [0.5, 0.6) is 11.5 Å². The number of rotatable bonds is 7. The van der Waals surface area contributed by atoms with E-state index in [1.807, 2.05) is 32.0 Å². The van der Waals surface area contributed by atoms with Gasteiger partial charge in [0.05, 0.1) is 6.61 Å². The topological polar surface area (TPSA) is 44.5 Å². The van der Waals surface area contributed by atoms with E-state index in [1.54, 1.807) is 0 Å². The molecule has 18 heavy (non-hydrogen) atoms. The van der Waals surface area contributed by atoms with Gasteiger partial charge in [-0.2, -0.15) is 0 Å². The molecule has 0 heterocycles. The largest absolute Gasteiger partial charge is 0.490 e. The third-order valence-corrected chi connectivity index (χ3v) is 2.48. The molecular weight excluding hydrogens is 294 g/mol. The van der Waals surface area contributed by atoms with E-state index in [2.05, 4.69) is 22.5 Å². The second-order valence-electron chi connectivity index (χ2n) is 4.20. The third kappa shape index (κ3) is 5.10. The van der Waals surface area contributed by atoms with Gasteiger partial charge in [0.1, 0.15) is 6.61 Å². The van der Waals surface area contributed by atoms with Crippen LogP contribution in [0.3, 0.4) is 0 Å². The molecule has 0 fully saturated rings. The van der Waals surface area contributed by atoms with Crippen LogP contribution < -0.4 is 15.2 Å². The SMILES string of the molecule is C=C(Br)COc1ccc(CC(C)N)cc1OCC. The molecule has 2 N–H and O–H groups in total. The molecule has 0 aromatic heterocycles. The minimum atomic E-state index is 0.133. The van der Waals surface area contributed by atoms with Gasteiger partial charge in [-0.1, -0.05) is 28.6 Å². The Morgan fingerprint density at radius 1 is 1.39 bits per heavy atom. The first-order valence-electron chi connectivity index (χ1n) is 6.00. The molecule has 1 unspecified atom stereocenters. The molecule has 1 aromatic rings. The Morgan fingerprint density at radius 2 is 2.11 bits per heavy atom. The number of halogens is 1. The zero-order valence-corrected chi connectivity index (χ0v) is 12.5. The highest BCUT2D eigenvalue weighted by molar-refractivity contribution is 9.11. The molecule has 0 saturated carbocycles. The van der Waals surface area contributed by atoms with Crippen LogP contribution >= 0.6 is 15.9 Å². The smallest absolute Gasteiger partial charge is 0.161 e. The molecule has 0 saturated heterocycles. The van der Waals surface area contributed by atoms with E-state index in [0.29, 0.717) is 13.2 Å².